The second-order valence-electron chi connectivity index (χ2n) is 4.84. The van der Waals surface area contributed by atoms with E-state index in [-0.39, 0.29) is 13.2 Å². The molecule has 0 saturated heterocycles. The van der Waals surface area contributed by atoms with Crippen LogP contribution >= 0.6 is 0 Å². The molecule has 7 nitrogen and oxygen atoms in total. The van der Waals surface area contributed by atoms with E-state index in [0.29, 0.717) is 25.7 Å². The highest BCUT2D eigenvalue weighted by molar-refractivity contribution is 5.82. The molecule has 3 N–H and O–H groups in total. The Morgan fingerprint density at radius 2 is 1.91 bits per heavy atom. The summed E-state index contributed by atoms with van der Waals surface area (Å²) >= 11 is 0. The number of carbonyl (C=O) groups excluding carboxylic acids is 3. The number of esters is 1. The number of amides is 1. The number of alkyl carbamates (subject to hydrolysis) is 1. The van der Waals surface area contributed by atoms with Crippen molar-refractivity contribution in [2.24, 2.45) is 5.73 Å². The molecular weight excluding hydrogens is 300 g/mol. The molecule has 0 spiro atoms. The Labute approximate surface area is 135 Å². The van der Waals surface area contributed by atoms with Gasteiger partial charge in [0.1, 0.15) is 19.3 Å². The molecular formula is C16H22N2O5. The fourth-order valence-corrected chi connectivity index (χ4v) is 1.87. The van der Waals surface area contributed by atoms with Crippen LogP contribution in [0.2, 0.25) is 0 Å². The third-order valence-corrected chi connectivity index (χ3v) is 3.03. The van der Waals surface area contributed by atoms with Crippen LogP contribution in [0.1, 0.15) is 24.8 Å². The molecule has 0 aromatic heterocycles. The molecule has 0 aliphatic heterocycles. The number of hydrogen-bond donors (Lipinski definition) is 2. The molecule has 1 amide bonds. The summed E-state index contributed by atoms with van der Waals surface area (Å²) in [6.07, 6.45) is 1.50. The molecule has 0 aliphatic rings. The highest BCUT2D eigenvalue weighted by atomic mass is 16.6. The molecule has 1 aromatic carbocycles. The molecule has 1 atom stereocenters. The predicted octanol–water partition coefficient (Wildman–Crippen LogP) is 1.15. The number of carbonyl (C=O) groups is 3. The van der Waals surface area contributed by atoms with Gasteiger partial charge in [-0.2, -0.15) is 0 Å². The fourth-order valence-electron chi connectivity index (χ4n) is 1.87. The summed E-state index contributed by atoms with van der Waals surface area (Å²) in [5, 5.41) is 2.46. The number of unbranched alkanes of at least 4 members (excludes halogenated alkanes) is 1. The van der Waals surface area contributed by atoms with E-state index in [2.05, 4.69) is 5.32 Å². The molecule has 0 saturated carbocycles. The van der Waals surface area contributed by atoms with Crippen molar-refractivity contribution >= 4 is 18.3 Å². The smallest absolute Gasteiger partial charge is 0.408 e. The summed E-state index contributed by atoms with van der Waals surface area (Å²) in [5.41, 5.74) is 6.25. The van der Waals surface area contributed by atoms with Gasteiger partial charge in [-0.1, -0.05) is 30.3 Å². The van der Waals surface area contributed by atoms with E-state index < -0.39 is 18.1 Å². The number of benzene rings is 1. The minimum atomic E-state index is -0.857. The van der Waals surface area contributed by atoms with Gasteiger partial charge in [0, 0.05) is 0 Å². The maximum Gasteiger partial charge on any atom is 0.408 e. The highest BCUT2D eigenvalue weighted by Gasteiger charge is 2.22. The lowest BCUT2D eigenvalue weighted by Crippen LogP contribution is -2.42. The van der Waals surface area contributed by atoms with Crippen molar-refractivity contribution in [1.29, 1.82) is 0 Å². The molecule has 0 radical (unpaired) electrons. The average molecular weight is 322 g/mol. The summed E-state index contributed by atoms with van der Waals surface area (Å²) in [5.74, 6) is -0.661. The van der Waals surface area contributed by atoms with Crippen LogP contribution in [0, 0.1) is 0 Å². The number of nitrogens with one attached hydrogen (secondary N) is 1. The van der Waals surface area contributed by atoms with Crippen molar-refractivity contribution in [3.63, 3.8) is 0 Å². The minimum Gasteiger partial charge on any atom is -0.456 e. The number of aldehydes is 1. The lowest BCUT2D eigenvalue weighted by Gasteiger charge is -2.16. The summed E-state index contributed by atoms with van der Waals surface area (Å²) in [4.78, 5) is 33.9. The lowest BCUT2D eigenvalue weighted by atomic mass is 10.1. The van der Waals surface area contributed by atoms with Gasteiger partial charge in [-0.15, -0.1) is 0 Å². The van der Waals surface area contributed by atoms with E-state index in [0.717, 1.165) is 12.0 Å². The van der Waals surface area contributed by atoms with Gasteiger partial charge in [-0.25, -0.2) is 9.59 Å². The third-order valence-electron chi connectivity index (χ3n) is 3.03. The lowest BCUT2D eigenvalue weighted by molar-refractivity contribution is -0.148. The van der Waals surface area contributed by atoms with Crippen molar-refractivity contribution in [3.05, 3.63) is 35.9 Å². The predicted molar refractivity (Wildman–Crippen MR) is 83.5 cm³/mol. The highest BCUT2D eigenvalue weighted by Crippen LogP contribution is 2.05. The second kappa shape index (κ2) is 11.2. The Morgan fingerprint density at radius 1 is 1.17 bits per heavy atom. The summed E-state index contributed by atoms with van der Waals surface area (Å²) < 4.78 is 9.81. The van der Waals surface area contributed by atoms with E-state index in [1.807, 2.05) is 30.3 Å². The normalized spacial score (nSPS) is 11.3. The minimum absolute atomic E-state index is 0.103. The van der Waals surface area contributed by atoms with Gasteiger partial charge >= 0.3 is 12.1 Å². The Morgan fingerprint density at radius 3 is 2.57 bits per heavy atom. The van der Waals surface area contributed by atoms with Crippen LogP contribution in [0.25, 0.3) is 0 Å². The van der Waals surface area contributed by atoms with E-state index in [1.165, 1.54) is 0 Å². The average Bonchev–Trinajstić information content (AvgIpc) is 2.58. The molecule has 126 valence electrons. The zero-order chi connectivity index (χ0) is 16.9. The Hall–Kier alpha value is -2.41. The van der Waals surface area contributed by atoms with Crippen molar-refractivity contribution in [2.45, 2.75) is 31.9 Å². The topological polar surface area (TPSA) is 108 Å². The standard InChI is InChI=1S/C16H22N2O5/c17-9-5-4-8-14(15(20)22-11-10-19)18-16(21)23-12-13-6-2-1-3-7-13/h1-3,6-7,10,14H,4-5,8-9,11-12,17H2,(H,18,21)/t14-/m0/s1. The number of hydrogen-bond acceptors (Lipinski definition) is 6. The van der Waals surface area contributed by atoms with Gasteiger partial charge in [0.25, 0.3) is 0 Å². The van der Waals surface area contributed by atoms with Gasteiger partial charge in [-0.3, -0.25) is 4.79 Å². The molecule has 23 heavy (non-hydrogen) atoms. The quantitative estimate of drug-likeness (QED) is 0.380. The van der Waals surface area contributed by atoms with Crippen LogP contribution < -0.4 is 11.1 Å². The van der Waals surface area contributed by atoms with Gasteiger partial charge in [0.2, 0.25) is 0 Å². The maximum atomic E-state index is 11.8. The molecule has 0 heterocycles. The van der Waals surface area contributed by atoms with Crippen LogP contribution in [0.3, 0.4) is 0 Å². The first kappa shape index (κ1) is 18.6. The van der Waals surface area contributed by atoms with Crippen LogP contribution in [0.5, 0.6) is 0 Å². The van der Waals surface area contributed by atoms with E-state index >= 15 is 0 Å². The molecule has 1 rings (SSSR count). The monoisotopic (exact) mass is 322 g/mol. The van der Waals surface area contributed by atoms with Crippen LogP contribution in [-0.2, 0) is 25.7 Å². The van der Waals surface area contributed by atoms with E-state index in [4.69, 9.17) is 15.2 Å². The number of nitrogens with two attached hydrogens (primary N) is 1. The van der Waals surface area contributed by atoms with Gasteiger partial charge in [0.15, 0.2) is 6.29 Å². The van der Waals surface area contributed by atoms with E-state index in [1.54, 1.807) is 0 Å². The summed E-state index contributed by atoms with van der Waals surface area (Å²) in [6, 6.07) is 8.32. The zero-order valence-corrected chi connectivity index (χ0v) is 12.9. The van der Waals surface area contributed by atoms with Crippen LogP contribution in [-0.4, -0.2) is 37.5 Å². The van der Waals surface area contributed by atoms with E-state index in [9.17, 15) is 14.4 Å². The van der Waals surface area contributed by atoms with Gasteiger partial charge in [0.05, 0.1) is 0 Å². The first-order valence-electron chi connectivity index (χ1n) is 7.45. The van der Waals surface area contributed by atoms with Crippen molar-refractivity contribution in [3.8, 4) is 0 Å². The first-order chi connectivity index (χ1) is 11.2. The molecule has 0 fully saturated rings. The Balaban J connectivity index is 2.47. The van der Waals surface area contributed by atoms with Crippen molar-refractivity contribution in [1.82, 2.24) is 5.32 Å². The van der Waals surface area contributed by atoms with Gasteiger partial charge < -0.3 is 20.5 Å². The Kier molecular flexibility index (Phi) is 9.07. The SMILES string of the molecule is NCCCC[C@H](NC(=O)OCc1ccccc1)C(=O)OCC=O. The molecule has 1 aromatic rings. The van der Waals surface area contributed by atoms with Crippen LogP contribution in [0.4, 0.5) is 4.79 Å². The molecule has 7 heteroatoms. The number of rotatable bonds is 10. The summed E-state index contributed by atoms with van der Waals surface area (Å²) in [7, 11) is 0. The van der Waals surface area contributed by atoms with Gasteiger partial charge in [-0.05, 0) is 31.4 Å². The fraction of sp³-hybridized carbons (Fsp3) is 0.438. The summed E-state index contributed by atoms with van der Waals surface area (Å²) in [6.45, 7) is 0.257. The Bertz CT molecular complexity index is 493. The third kappa shape index (κ3) is 7.96. The molecule has 0 aliphatic carbocycles. The first-order valence-corrected chi connectivity index (χ1v) is 7.45. The zero-order valence-electron chi connectivity index (χ0n) is 12.9. The van der Waals surface area contributed by atoms with Crippen molar-refractivity contribution in [2.75, 3.05) is 13.2 Å². The molecule has 0 unspecified atom stereocenters. The largest absolute Gasteiger partial charge is 0.456 e. The molecule has 0 bridgehead atoms. The van der Waals surface area contributed by atoms with Crippen molar-refractivity contribution < 1.29 is 23.9 Å². The second-order valence-corrected chi connectivity index (χ2v) is 4.84. The van der Waals surface area contributed by atoms with Crippen LogP contribution in [0.15, 0.2) is 30.3 Å². The number of ether oxygens (including phenoxy) is 2. The maximum absolute atomic E-state index is 11.8.